The van der Waals surface area contributed by atoms with Gasteiger partial charge >= 0.3 is 0 Å². The van der Waals surface area contributed by atoms with Gasteiger partial charge in [-0.15, -0.1) is 0 Å². The van der Waals surface area contributed by atoms with Gasteiger partial charge in [0.2, 0.25) is 0 Å². The van der Waals surface area contributed by atoms with Crippen molar-refractivity contribution in [1.29, 1.82) is 0 Å². The molecule has 2 saturated heterocycles. The number of H-pyrrole nitrogens is 1. The summed E-state index contributed by atoms with van der Waals surface area (Å²) in [6, 6.07) is 1.94. The van der Waals surface area contributed by atoms with Gasteiger partial charge in [-0.1, -0.05) is 0 Å². The Morgan fingerprint density at radius 3 is 2.79 bits per heavy atom. The Hall–Kier alpha value is -2.12. The second-order valence-electron chi connectivity index (χ2n) is 9.43. The molecule has 0 aromatic carbocycles. The minimum absolute atomic E-state index is 0.0239. The lowest BCUT2D eigenvalue weighted by molar-refractivity contribution is -0.125. The number of nitrogens with one attached hydrogen (secondary N) is 2. The molecule has 2 aromatic heterocycles. The van der Waals surface area contributed by atoms with E-state index in [1.165, 1.54) is 10.6 Å². The first-order chi connectivity index (χ1) is 15.8. The fourth-order valence-corrected chi connectivity index (χ4v) is 7.17. The Bertz CT molecular complexity index is 1140. The van der Waals surface area contributed by atoms with Crippen LogP contribution < -0.4 is 10.2 Å². The molecule has 2 aromatic rings. The predicted octanol–water partition coefficient (Wildman–Crippen LogP) is -0.137. The molecule has 0 radical (unpaired) electrons. The van der Waals surface area contributed by atoms with Gasteiger partial charge in [0, 0.05) is 45.8 Å². The number of fused-ring (bicyclic) bond motifs is 1. The third-order valence-corrected chi connectivity index (χ3v) is 9.37. The number of carbonyl (C=O) groups is 1. The zero-order valence-corrected chi connectivity index (χ0v) is 19.6. The van der Waals surface area contributed by atoms with Crippen molar-refractivity contribution < 1.29 is 18.3 Å². The molecule has 3 fully saturated rings. The molecule has 1 saturated carbocycles. The van der Waals surface area contributed by atoms with Crippen LogP contribution in [0.3, 0.4) is 0 Å². The van der Waals surface area contributed by atoms with Crippen LogP contribution in [0, 0.1) is 0 Å². The van der Waals surface area contributed by atoms with E-state index in [4.69, 9.17) is 0 Å². The van der Waals surface area contributed by atoms with E-state index < -0.39 is 21.3 Å². The summed E-state index contributed by atoms with van der Waals surface area (Å²) in [5.74, 6) is 0.691. The molecule has 11 nitrogen and oxygen atoms in total. The van der Waals surface area contributed by atoms with Gasteiger partial charge in [-0.05, 0) is 38.3 Å². The van der Waals surface area contributed by atoms with E-state index in [-0.39, 0.29) is 25.4 Å². The quantitative estimate of drug-likeness (QED) is 0.478. The molecule has 1 aliphatic carbocycles. The first-order valence-corrected chi connectivity index (χ1v) is 12.9. The SMILES string of the molecule is CN(C[C@]1(C(=O)CCO)CCCN1)S(=O)(=O)N1CCN(c2ncnc3[nH]ccc23)CC12CC2. The number of piperazine rings is 1. The molecule has 3 N–H and O–H groups in total. The minimum Gasteiger partial charge on any atom is -0.396 e. The second-order valence-corrected chi connectivity index (χ2v) is 11.4. The van der Waals surface area contributed by atoms with E-state index in [2.05, 4.69) is 25.2 Å². The summed E-state index contributed by atoms with van der Waals surface area (Å²) < 4.78 is 30.3. The summed E-state index contributed by atoms with van der Waals surface area (Å²) >= 11 is 0. The molecule has 4 heterocycles. The largest absolute Gasteiger partial charge is 0.396 e. The van der Waals surface area contributed by atoms with Crippen LogP contribution in [0.4, 0.5) is 5.82 Å². The lowest BCUT2D eigenvalue weighted by Crippen LogP contribution is -2.62. The van der Waals surface area contributed by atoms with Gasteiger partial charge in [0.05, 0.1) is 23.1 Å². The summed E-state index contributed by atoms with van der Waals surface area (Å²) in [5.41, 5.74) is -0.615. The van der Waals surface area contributed by atoms with Crippen molar-refractivity contribution in [3.8, 4) is 0 Å². The maximum absolute atomic E-state index is 13.7. The highest BCUT2D eigenvalue weighted by Gasteiger charge is 2.57. The Morgan fingerprint density at radius 1 is 1.27 bits per heavy atom. The fraction of sp³-hybridized carbons (Fsp3) is 0.667. The van der Waals surface area contributed by atoms with Crippen LogP contribution in [-0.4, -0.2) is 100 Å². The average Bonchev–Trinajstić information content (AvgIpc) is 3.19. The van der Waals surface area contributed by atoms with E-state index in [0.29, 0.717) is 32.6 Å². The lowest BCUT2D eigenvalue weighted by Gasteiger charge is -2.44. The third kappa shape index (κ3) is 3.83. The number of Topliss-reactive ketones (excluding diaryl/α,β-unsaturated/α-hetero) is 1. The van der Waals surface area contributed by atoms with Crippen LogP contribution in [0.1, 0.15) is 32.1 Å². The van der Waals surface area contributed by atoms with Crippen LogP contribution in [0.25, 0.3) is 11.0 Å². The molecule has 1 spiro atoms. The van der Waals surface area contributed by atoms with Crippen LogP contribution in [0.2, 0.25) is 0 Å². The highest BCUT2D eigenvalue weighted by atomic mass is 32.2. The van der Waals surface area contributed by atoms with E-state index >= 15 is 0 Å². The molecule has 0 amide bonds. The van der Waals surface area contributed by atoms with Crippen LogP contribution >= 0.6 is 0 Å². The molecule has 180 valence electrons. The van der Waals surface area contributed by atoms with Gasteiger partial charge in [0.15, 0.2) is 5.78 Å². The summed E-state index contributed by atoms with van der Waals surface area (Å²) in [6.45, 7) is 1.96. The van der Waals surface area contributed by atoms with Gasteiger partial charge in [-0.2, -0.15) is 17.0 Å². The number of aromatic amines is 1. The first kappa shape index (κ1) is 22.7. The Kier molecular flexibility index (Phi) is 5.68. The first-order valence-electron chi connectivity index (χ1n) is 11.5. The van der Waals surface area contributed by atoms with Crippen LogP contribution in [-0.2, 0) is 15.0 Å². The van der Waals surface area contributed by atoms with Gasteiger partial charge in [-0.3, -0.25) is 4.79 Å². The third-order valence-electron chi connectivity index (χ3n) is 7.33. The molecule has 2 aliphatic heterocycles. The number of aliphatic hydroxyl groups excluding tert-OH is 1. The second kappa shape index (κ2) is 8.27. The number of nitrogens with zero attached hydrogens (tertiary/aromatic N) is 5. The van der Waals surface area contributed by atoms with Crippen molar-refractivity contribution in [1.82, 2.24) is 28.9 Å². The monoisotopic (exact) mass is 477 g/mol. The molecule has 5 rings (SSSR count). The molecule has 0 unspecified atom stereocenters. The molecule has 33 heavy (non-hydrogen) atoms. The smallest absolute Gasteiger partial charge is 0.282 e. The summed E-state index contributed by atoms with van der Waals surface area (Å²) in [7, 11) is -2.22. The zero-order chi connectivity index (χ0) is 23.3. The van der Waals surface area contributed by atoms with Crippen LogP contribution in [0.5, 0.6) is 0 Å². The van der Waals surface area contributed by atoms with Gasteiger partial charge in [0.1, 0.15) is 17.8 Å². The summed E-state index contributed by atoms with van der Waals surface area (Å²) in [6.07, 6.45) is 6.36. The van der Waals surface area contributed by atoms with Crippen molar-refractivity contribution in [2.75, 3.05) is 51.3 Å². The van der Waals surface area contributed by atoms with Crippen molar-refractivity contribution in [3.05, 3.63) is 18.6 Å². The van der Waals surface area contributed by atoms with Gasteiger partial charge < -0.3 is 20.3 Å². The van der Waals surface area contributed by atoms with E-state index in [1.807, 2.05) is 12.3 Å². The molecule has 3 aliphatic rings. The normalized spacial score (nSPS) is 25.4. The fourth-order valence-electron chi connectivity index (χ4n) is 5.40. The Balaban J connectivity index is 1.35. The highest BCUT2D eigenvalue weighted by Crippen LogP contribution is 2.47. The number of ketones is 1. The lowest BCUT2D eigenvalue weighted by atomic mass is 9.90. The molecule has 0 bridgehead atoms. The van der Waals surface area contributed by atoms with E-state index in [0.717, 1.165) is 36.1 Å². The van der Waals surface area contributed by atoms with Crippen LogP contribution in [0.15, 0.2) is 18.6 Å². The standard InChI is InChI=1S/C21H31N7O4S/c1-26(14-21(5-2-8-25-21)17(30)4-12-29)33(31,32)28-11-10-27(13-20(28)6-7-20)19-16-3-9-22-18(16)23-15-24-19/h3,9,15,25,29H,2,4-8,10-14H2,1H3,(H,22,23,24)/t21-/m0/s1. The average molecular weight is 478 g/mol. The van der Waals surface area contributed by atoms with E-state index in [1.54, 1.807) is 11.4 Å². The number of rotatable bonds is 8. The number of aromatic nitrogens is 3. The Morgan fingerprint density at radius 2 is 2.09 bits per heavy atom. The summed E-state index contributed by atoms with van der Waals surface area (Å²) in [5, 5.41) is 13.4. The zero-order valence-electron chi connectivity index (χ0n) is 18.8. The van der Waals surface area contributed by atoms with Gasteiger partial charge in [-0.25, -0.2) is 9.97 Å². The Labute approximate surface area is 193 Å². The molecular formula is C21H31N7O4S. The number of anilines is 1. The predicted molar refractivity (Wildman–Crippen MR) is 123 cm³/mol. The number of likely N-dealkylation sites (N-methyl/N-ethyl adjacent to an activating group) is 1. The summed E-state index contributed by atoms with van der Waals surface area (Å²) in [4.78, 5) is 26.7. The number of hydrogen-bond donors (Lipinski definition) is 3. The number of hydrogen-bond acceptors (Lipinski definition) is 8. The topological polar surface area (TPSA) is 135 Å². The molecule has 1 atom stereocenters. The molecular weight excluding hydrogens is 446 g/mol. The minimum atomic E-state index is -3.77. The number of carbonyl (C=O) groups excluding carboxylic acids is 1. The van der Waals surface area contributed by atoms with Crippen molar-refractivity contribution in [2.24, 2.45) is 0 Å². The molecule has 12 heteroatoms. The van der Waals surface area contributed by atoms with Gasteiger partial charge in [0.25, 0.3) is 10.2 Å². The van der Waals surface area contributed by atoms with E-state index in [9.17, 15) is 18.3 Å². The maximum Gasteiger partial charge on any atom is 0.282 e. The highest BCUT2D eigenvalue weighted by molar-refractivity contribution is 7.86. The number of aliphatic hydroxyl groups is 1. The van der Waals surface area contributed by atoms with Crippen molar-refractivity contribution in [3.63, 3.8) is 0 Å². The maximum atomic E-state index is 13.7. The van der Waals surface area contributed by atoms with Crippen molar-refractivity contribution >= 4 is 32.8 Å². The van der Waals surface area contributed by atoms with Crippen molar-refractivity contribution in [2.45, 2.75) is 43.2 Å².